The molecule has 4 rings (SSSR count). The number of hydrogen-bond acceptors (Lipinski definition) is 4. The summed E-state index contributed by atoms with van der Waals surface area (Å²) in [4.78, 5) is 14.9. The fraction of sp³-hybridized carbons (Fsp3) is 0.421. The van der Waals surface area contributed by atoms with Crippen LogP contribution in [-0.2, 0) is 18.4 Å². The zero-order valence-corrected chi connectivity index (χ0v) is 15.0. The third kappa shape index (κ3) is 3.09. The minimum Gasteiger partial charge on any atom is -0.348 e. The molecule has 0 bridgehead atoms. The second kappa shape index (κ2) is 6.11. The molecule has 0 saturated heterocycles. The van der Waals surface area contributed by atoms with Gasteiger partial charge in [-0.05, 0) is 18.2 Å². The molecule has 25 heavy (non-hydrogen) atoms. The molecular weight excluding hydrogens is 312 g/mol. The number of fused-ring (bicyclic) bond motifs is 1. The van der Waals surface area contributed by atoms with Crippen LogP contribution in [0.15, 0.2) is 36.8 Å². The van der Waals surface area contributed by atoms with E-state index in [1.165, 1.54) is 5.69 Å². The van der Waals surface area contributed by atoms with Crippen molar-refractivity contribution in [2.75, 3.05) is 6.54 Å². The summed E-state index contributed by atoms with van der Waals surface area (Å²) in [6.07, 6.45) is 4.61. The molecule has 4 heterocycles. The number of aromatic amines is 2. The highest BCUT2D eigenvalue weighted by atomic mass is 15.2. The summed E-state index contributed by atoms with van der Waals surface area (Å²) in [5.41, 5.74) is 5.60. The maximum Gasteiger partial charge on any atom is 0.0971 e. The van der Waals surface area contributed by atoms with Gasteiger partial charge in [-0.2, -0.15) is 5.10 Å². The minimum atomic E-state index is 0.0480. The summed E-state index contributed by atoms with van der Waals surface area (Å²) < 4.78 is 0. The van der Waals surface area contributed by atoms with Gasteiger partial charge in [0.1, 0.15) is 0 Å². The lowest BCUT2D eigenvalue weighted by atomic mass is 9.92. The van der Waals surface area contributed by atoms with Crippen molar-refractivity contribution in [3.63, 3.8) is 0 Å². The molecule has 0 spiro atoms. The monoisotopic (exact) mass is 336 g/mol. The average Bonchev–Trinajstić information content (AvgIpc) is 3.24. The molecule has 0 fully saturated rings. The van der Waals surface area contributed by atoms with Crippen LogP contribution in [0, 0.1) is 0 Å². The van der Waals surface area contributed by atoms with Crippen molar-refractivity contribution in [3.8, 4) is 0 Å². The molecule has 1 aliphatic heterocycles. The summed E-state index contributed by atoms with van der Waals surface area (Å²) in [6, 6.07) is 8.31. The highest BCUT2D eigenvalue weighted by Gasteiger charge is 2.32. The van der Waals surface area contributed by atoms with Gasteiger partial charge in [-0.1, -0.05) is 26.8 Å². The molecule has 0 amide bonds. The van der Waals surface area contributed by atoms with E-state index in [0.717, 1.165) is 42.3 Å². The van der Waals surface area contributed by atoms with Gasteiger partial charge in [-0.15, -0.1) is 0 Å². The Balaban J connectivity index is 1.65. The molecule has 2 N–H and O–H groups in total. The zero-order valence-electron chi connectivity index (χ0n) is 15.0. The Kier molecular flexibility index (Phi) is 3.92. The Hall–Kier alpha value is -2.47. The van der Waals surface area contributed by atoms with E-state index in [9.17, 15) is 0 Å². The Bertz CT molecular complexity index is 842. The molecule has 6 nitrogen and oxygen atoms in total. The number of H-pyrrole nitrogens is 2. The van der Waals surface area contributed by atoms with Crippen LogP contribution in [0.5, 0.6) is 0 Å². The number of aromatic nitrogens is 5. The molecule has 1 atom stereocenters. The lowest BCUT2D eigenvalue weighted by molar-refractivity contribution is 0.194. The SMILES string of the molecule is CC(C)(C)c1cc(CN2CCc3[nH]cnc3[C@@H]2c2ccccn2)[nH]n1. The normalized spacial score (nSPS) is 18.3. The van der Waals surface area contributed by atoms with Crippen LogP contribution in [0.3, 0.4) is 0 Å². The van der Waals surface area contributed by atoms with Crippen molar-refractivity contribution in [1.82, 2.24) is 30.0 Å². The predicted molar refractivity (Wildman–Crippen MR) is 96.1 cm³/mol. The lowest BCUT2D eigenvalue weighted by Gasteiger charge is -2.34. The molecule has 1 aliphatic rings. The van der Waals surface area contributed by atoms with Gasteiger partial charge in [0.2, 0.25) is 0 Å². The highest BCUT2D eigenvalue weighted by molar-refractivity contribution is 5.29. The Morgan fingerprint density at radius 3 is 2.84 bits per heavy atom. The quantitative estimate of drug-likeness (QED) is 0.771. The van der Waals surface area contributed by atoms with E-state index in [0.29, 0.717) is 0 Å². The summed E-state index contributed by atoms with van der Waals surface area (Å²) in [6.45, 7) is 8.30. The maximum atomic E-state index is 4.60. The molecule has 0 aromatic carbocycles. The molecule has 0 radical (unpaired) electrons. The first-order valence-electron chi connectivity index (χ1n) is 8.74. The number of nitrogens with one attached hydrogen (secondary N) is 2. The van der Waals surface area contributed by atoms with Gasteiger partial charge >= 0.3 is 0 Å². The average molecular weight is 336 g/mol. The van der Waals surface area contributed by atoms with E-state index < -0.39 is 0 Å². The Morgan fingerprint density at radius 2 is 2.12 bits per heavy atom. The first-order valence-corrected chi connectivity index (χ1v) is 8.74. The van der Waals surface area contributed by atoms with Gasteiger partial charge in [-0.25, -0.2) is 4.98 Å². The van der Waals surface area contributed by atoms with Gasteiger partial charge in [0.05, 0.1) is 29.5 Å². The predicted octanol–water partition coefficient (Wildman–Crippen LogP) is 2.97. The number of rotatable bonds is 3. The zero-order chi connectivity index (χ0) is 17.4. The van der Waals surface area contributed by atoms with Crippen molar-refractivity contribution in [1.29, 1.82) is 0 Å². The van der Waals surface area contributed by atoms with Gasteiger partial charge in [-0.3, -0.25) is 15.0 Å². The summed E-state index contributed by atoms with van der Waals surface area (Å²) in [5, 5.41) is 7.71. The van der Waals surface area contributed by atoms with Gasteiger partial charge in [0.15, 0.2) is 0 Å². The molecule has 0 saturated carbocycles. The second-order valence-corrected chi connectivity index (χ2v) is 7.67. The van der Waals surface area contributed by atoms with Gasteiger partial charge in [0, 0.05) is 42.5 Å². The summed E-state index contributed by atoms with van der Waals surface area (Å²) in [5.74, 6) is 0. The van der Waals surface area contributed by atoms with Crippen molar-refractivity contribution in [3.05, 3.63) is 65.3 Å². The van der Waals surface area contributed by atoms with Crippen LogP contribution in [-0.4, -0.2) is 36.6 Å². The van der Waals surface area contributed by atoms with E-state index in [2.05, 4.69) is 63.0 Å². The molecule has 3 aromatic heterocycles. The number of imidazole rings is 1. The standard InChI is InChI=1S/C19H24N6/c1-19(2,3)16-10-13(23-24-16)11-25-9-7-14-17(22-12-21-14)18(25)15-6-4-5-8-20-15/h4-6,8,10,12,18H,7,9,11H2,1-3H3,(H,21,22)(H,23,24)/t18-/m0/s1. The Morgan fingerprint density at radius 1 is 1.24 bits per heavy atom. The third-order valence-corrected chi connectivity index (χ3v) is 4.77. The molecule has 3 aromatic rings. The third-order valence-electron chi connectivity index (χ3n) is 4.77. The van der Waals surface area contributed by atoms with Crippen molar-refractivity contribution in [2.24, 2.45) is 0 Å². The topological polar surface area (TPSA) is 73.5 Å². The summed E-state index contributed by atoms with van der Waals surface area (Å²) >= 11 is 0. The largest absolute Gasteiger partial charge is 0.348 e. The molecular formula is C19H24N6. The van der Waals surface area contributed by atoms with E-state index in [1.54, 1.807) is 6.33 Å². The lowest BCUT2D eigenvalue weighted by Crippen LogP contribution is -2.36. The van der Waals surface area contributed by atoms with Crippen LogP contribution >= 0.6 is 0 Å². The van der Waals surface area contributed by atoms with Gasteiger partial charge in [0.25, 0.3) is 0 Å². The van der Waals surface area contributed by atoms with Crippen LogP contribution in [0.25, 0.3) is 0 Å². The number of hydrogen-bond donors (Lipinski definition) is 2. The van der Waals surface area contributed by atoms with E-state index >= 15 is 0 Å². The first-order chi connectivity index (χ1) is 12.0. The van der Waals surface area contributed by atoms with Gasteiger partial charge < -0.3 is 4.98 Å². The molecule has 130 valence electrons. The van der Waals surface area contributed by atoms with E-state index in [4.69, 9.17) is 0 Å². The highest BCUT2D eigenvalue weighted by Crippen LogP contribution is 2.33. The van der Waals surface area contributed by atoms with E-state index in [1.807, 2.05) is 18.3 Å². The number of nitrogens with zero attached hydrogens (tertiary/aromatic N) is 4. The van der Waals surface area contributed by atoms with Crippen molar-refractivity contribution in [2.45, 2.75) is 45.2 Å². The number of pyridine rings is 1. The Labute approximate surface area is 147 Å². The van der Waals surface area contributed by atoms with E-state index in [-0.39, 0.29) is 11.5 Å². The minimum absolute atomic E-state index is 0.0480. The fourth-order valence-corrected chi connectivity index (χ4v) is 3.41. The molecule has 6 heteroatoms. The first kappa shape index (κ1) is 16.0. The van der Waals surface area contributed by atoms with Crippen LogP contribution in [0.4, 0.5) is 0 Å². The fourth-order valence-electron chi connectivity index (χ4n) is 3.41. The maximum absolute atomic E-state index is 4.60. The van der Waals surface area contributed by atoms with Crippen LogP contribution in [0.1, 0.15) is 55.3 Å². The van der Waals surface area contributed by atoms with Crippen LogP contribution < -0.4 is 0 Å². The molecule has 0 aliphatic carbocycles. The van der Waals surface area contributed by atoms with Crippen molar-refractivity contribution < 1.29 is 0 Å². The van der Waals surface area contributed by atoms with Crippen LogP contribution in [0.2, 0.25) is 0 Å². The smallest absolute Gasteiger partial charge is 0.0971 e. The molecule has 0 unspecified atom stereocenters. The summed E-state index contributed by atoms with van der Waals surface area (Å²) in [7, 11) is 0. The van der Waals surface area contributed by atoms with Crippen molar-refractivity contribution >= 4 is 0 Å². The second-order valence-electron chi connectivity index (χ2n) is 7.67.